The third-order valence-electron chi connectivity index (χ3n) is 8.32. The summed E-state index contributed by atoms with van der Waals surface area (Å²) in [6.07, 6.45) is 16.7. The van der Waals surface area contributed by atoms with Gasteiger partial charge in [0.05, 0.1) is 13.3 Å². The molecule has 2 saturated carbocycles. The minimum Gasteiger partial charge on any atom is -0.495 e. The predicted octanol–water partition coefficient (Wildman–Crippen LogP) is 5.04. The molecule has 4 nitrogen and oxygen atoms in total. The highest BCUT2D eigenvalue weighted by molar-refractivity contribution is 5.79. The van der Waals surface area contributed by atoms with Gasteiger partial charge in [0.2, 0.25) is 5.91 Å². The number of hydrogen-bond acceptors (Lipinski definition) is 3. The van der Waals surface area contributed by atoms with Crippen LogP contribution in [0.2, 0.25) is 0 Å². The van der Waals surface area contributed by atoms with Crippen LogP contribution in [0.1, 0.15) is 57.9 Å². The maximum atomic E-state index is 12.0. The lowest BCUT2D eigenvalue weighted by Gasteiger charge is -2.55. The third-order valence-corrected chi connectivity index (χ3v) is 8.32. The molecule has 1 amide bonds. The zero-order chi connectivity index (χ0) is 20.2. The lowest BCUT2D eigenvalue weighted by molar-refractivity contribution is -0.120. The molecule has 152 valence electrons. The number of methoxy groups -OCH3 is 1. The predicted molar refractivity (Wildman–Crippen MR) is 114 cm³/mol. The highest BCUT2D eigenvalue weighted by Gasteiger charge is 2.54. The molecule has 1 aromatic rings. The fourth-order valence-corrected chi connectivity index (χ4v) is 6.61. The standard InChI is InChI=1S/C25H30N2O2/c1-24-11-9-23(28)27-14-17(24)4-5-19-21-7-6-20(25(21,2)10-8-22(19)24)16-12-18(29-3)15-26-13-16/h6-7,12-15,19,22H,4-5,8-11H2,1-3H3,(H,27,28)/t19?,22?,24-,25+/m0/s1. The van der Waals surface area contributed by atoms with Crippen molar-refractivity contribution in [2.45, 2.75) is 52.4 Å². The first kappa shape index (κ1) is 18.7. The maximum Gasteiger partial charge on any atom is 0.223 e. The molecule has 0 spiro atoms. The number of allylic oxidation sites excluding steroid dienone is 5. The Morgan fingerprint density at radius 2 is 2.00 bits per heavy atom. The van der Waals surface area contributed by atoms with Crippen LogP contribution in [0.25, 0.3) is 5.57 Å². The average molecular weight is 391 g/mol. The topological polar surface area (TPSA) is 51.2 Å². The second-order valence-electron chi connectivity index (χ2n) is 9.59. The SMILES string of the molecule is COc1cncc(C2=CC=C3C4CCC5=CNC(=O)CC[C@]5(C)C4CC[C@]23C)c1. The third kappa shape index (κ3) is 2.72. The Morgan fingerprint density at radius 3 is 2.83 bits per heavy atom. The van der Waals surface area contributed by atoms with Gasteiger partial charge in [-0.05, 0) is 66.6 Å². The number of aromatic nitrogens is 1. The summed E-state index contributed by atoms with van der Waals surface area (Å²) in [6, 6.07) is 2.11. The van der Waals surface area contributed by atoms with E-state index in [1.807, 2.05) is 12.4 Å². The van der Waals surface area contributed by atoms with Crippen molar-refractivity contribution in [3.63, 3.8) is 0 Å². The molecule has 1 N–H and O–H groups in total. The van der Waals surface area contributed by atoms with E-state index in [1.165, 1.54) is 29.6 Å². The van der Waals surface area contributed by atoms with Crippen LogP contribution in [0.4, 0.5) is 0 Å². The van der Waals surface area contributed by atoms with E-state index < -0.39 is 0 Å². The first-order chi connectivity index (χ1) is 14.0. The van der Waals surface area contributed by atoms with Crippen LogP contribution in [0.15, 0.2) is 48.0 Å². The zero-order valence-electron chi connectivity index (χ0n) is 17.6. The van der Waals surface area contributed by atoms with Crippen molar-refractivity contribution in [3.05, 3.63) is 53.5 Å². The summed E-state index contributed by atoms with van der Waals surface area (Å²) in [4.78, 5) is 16.4. The van der Waals surface area contributed by atoms with Crippen molar-refractivity contribution < 1.29 is 9.53 Å². The largest absolute Gasteiger partial charge is 0.495 e. The summed E-state index contributed by atoms with van der Waals surface area (Å²) < 4.78 is 5.42. The smallest absolute Gasteiger partial charge is 0.223 e. The lowest BCUT2D eigenvalue weighted by atomic mass is 9.49. The summed E-state index contributed by atoms with van der Waals surface area (Å²) in [5.41, 5.74) is 5.80. The van der Waals surface area contributed by atoms with Gasteiger partial charge in [0.25, 0.3) is 0 Å². The molecule has 4 heteroatoms. The van der Waals surface area contributed by atoms with Crippen molar-refractivity contribution in [1.29, 1.82) is 0 Å². The average Bonchev–Trinajstić information content (AvgIpc) is 3.01. The normalized spacial score (nSPS) is 35.8. The van der Waals surface area contributed by atoms with E-state index in [1.54, 1.807) is 18.9 Å². The van der Waals surface area contributed by atoms with Gasteiger partial charge in [-0.15, -0.1) is 0 Å². The molecule has 1 aliphatic heterocycles. The van der Waals surface area contributed by atoms with Gasteiger partial charge in [-0.1, -0.05) is 31.6 Å². The fraction of sp³-hybridized carbons (Fsp3) is 0.520. The Labute approximate surface area is 173 Å². The summed E-state index contributed by atoms with van der Waals surface area (Å²) >= 11 is 0. The number of amides is 1. The van der Waals surface area contributed by atoms with Gasteiger partial charge >= 0.3 is 0 Å². The monoisotopic (exact) mass is 390 g/mol. The van der Waals surface area contributed by atoms with Crippen LogP contribution in [0.5, 0.6) is 5.75 Å². The van der Waals surface area contributed by atoms with Gasteiger partial charge in [0, 0.05) is 29.8 Å². The first-order valence-corrected chi connectivity index (χ1v) is 10.9. The summed E-state index contributed by atoms with van der Waals surface area (Å²) in [6.45, 7) is 4.83. The summed E-state index contributed by atoms with van der Waals surface area (Å²) in [7, 11) is 1.70. The van der Waals surface area contributed by atoms with Gasteiger partial charge in [-0.2, -0.15) is 0 Å². The van der Waals surface area contributed by atoms with Crippen molar-refractivity contribution >= 4 is 11.5 Å². The van der Waals surface area contributed by atoms with Crippen LogP contribution >= 0.6 is 0 Å². The molecule has 2 unspecified atom stereocenters. The number of carbonyl (C=O) groups is 1. The van der Waals surface area contributed by atoms with Gasteiger partial charge in [0.1, 0.15) is 5.75 Å². The molecule has 0 bridgehead atoms. The van der Waals surface area contributed by atoms with Crippen molar-refractivity contribution in [2.24, 2.45) is 22.7 Å². The van der Waals surface area contributed by atoms with Crippen LogP contribution in [-0.2, 0) is 4.79 Å². The second-order valence-corrected chi connectivity index (χ2v) is 9.59. The molecule has 1 aromatic heterocycles. The van der Waals surface area contributed by atoms with Gasteiger partial charge in [-0.3, -0.25) is 9.78 Å². The molecular formula is C25H30N2O2. The minimum atomic E-state index is 0.0750. The van der Waals surface area contributed by atoms with E-state index in [0.717, 1.165) is 25.0 Å². The Hall–Kier alpha value is -2.36. The van der Waals surface area contributed by atoms with Gasteiger partial charge < -0.3 is 10.1 Å². The van der Waals surface area contributed by atoms with E-state index in [9.17, 15) is 4.79 Å². The molecule has 4 aliphatic rings. The number of rotatable bonds is 2. The number of hydrogen-bond donors (Lipinski definition) is 1. The Morgan fingerprint density at radius 1 is 1.14 bits per heavy atom. The Balaban J connectivity index is 1.47. The summed E-state index contributed by atoms with van der Waals surface area (Å²) in [5, 5.41) is 3.01. The van der Waals surface area contributed by atoms with Crippen LogP contribution < -0.4 is 10.1 Å². The molecule has 0 aromatic carbocycles. The van der Waals surface area contributed by atoms with Crippen LogP contribution in [-0.4, -0.2) is 18.0 Å². The van der Waals surface area contributed by atoms with E-state index in [-0.39, 0.29) is 16.7 Å². The molecule has 4 atom stereocenters. The summed E-state index contributed by atoms with van der Waals surface area (Å²) in [5.74, 6) is 2.19. The lowest BCUT2D eigenvalue weighted by Crippen LogP contribution is -2.45. The quantitative estimate of drug-likeness (QED) is 0.770. The number of nitrogens with zero attached hydrogens (tertiary/aromatic N) is 1. The molecule has 2 heterocycles. The Kier molecular flexibility index (Phi) is 4.23. The number of carbonyl (C=O) groups excluding carboxylic acids is 1. The number of nitrogens with one attached hydrogen (secondary N) is 1. The van der Waals surface area contributed by atoms with Gasteiger partial charge in [-0.25, -0.2) is 0 Å². The van der Waals surface area contributed by atoms with E-state index in [2.05, 4.69) is 42.4 Å². The van der Waals surface area contributed by atoms with E-state index >= 15 is 0 Å². The molecule has 5 rings (SSSR count). The number of ether oxygens (including phenoxy) is 1. The van der Waals surface area contributed by atoms with Crippen molar-refractivity contribution in [1.82, 2.24) is 10.3 Å². The molecule has 3 aliphatic carbocycles. The second kappa shape index (κ2) is 6.58. The first-order valence-electron chi connectivity index (χ1n) is 10.9. The zero-order valence-corrected chi connectivity index (χ0v) is 17.6. The minimum absolute atomic E-state index is 0.0750. The van der Waals surface area contributed by atoms with Gasteiger partial charge in [0.15, 0.2) is 0 Å². The Bertz CT molecular complexity index is 959. The van der Waals surface area contributed by atoms with Crippen molar-refractivity contribution in [3.8, 4) is 5.75 Å². The number of pyridine rings is 1. The van der Waals surface area contributed by atoms with E-state index in [4.69, 9.17) is 4.74 Å². The maximum absolute atomic E-state index is 12.0. The fourth-order valence-electron chi connectivity index (χ4n) is 6.61. The molecular weight excluding hydrogens is 360 g/mol. The molecule has 0 saturated heterocycles. The molecule has 0 radical (unpaired) electrons. The highest BCUT2D eigenvalue weighted by Crippen LogP contribution is 2.64. The van der Waals surface area contributed by atoms with Crippen LogP contribution in [0.3, 0.4) is 0 Å². The van der Waals surface area contributed by atoms with E-state index in [0.29, 0.717) is 18.3 Å². The van der Waals surface area contributed by atoms with Crippen molar-refractivity contribution in [2.75, 3.05) is 7.11 Å². The van der Waals surface area contributed by atoms with Crippen LogP contribution in [0, 0.1) is 22.7 Å². The molecule has 2 fully saturated rings. The highest BCUT2D eigenvalue weighted by atomic mass is 16.5. The molecule has 29 heavy (non-hydrogen) atoms. The number of fused-ring (bicyclic) bond motifs is 5.